The van der Waals surface area contributed by atoms with Crippen molar-refractivity contribution in [1.82, 2.24) is 4.90 Å². The quantitative estimate of drug-likeness (QED) is 0.543. The molecule has 4 nitrogen and oxygen atoms in total. The zero-order valence-corrected chi connectivity index (χ0v) is 6.69. The predicted molar refractivity (Wildman–Crippen MR) is 42.0 cm³/mol. The number of ether oxygens (including phenoxy) is 1. The van der Waals surface area contributed by atoms with E-state index in [0.29, 0.717) is 19.8 Å². The van der Waals surface area contributed by atoms with Crippen molar-refractivity contribution >= 4 is 6.09 Å². The topological polar surface area (TPSA) is 49.8 Å². The Morgan fingerprint density at radius 2 is 2.50 bits per heavy atom. The molecule has 0 aliphatic carbocycles. The van der Waals surface area contributed by atoms with E-state index in [0.717, 1.165) is 6.42 Å². The highest BCUT2D eigenvalue weighted by Gasteiger charge is 2.43. The van der Waals surface area contributed by atoms with Crippen LogP contribution in [-0.4, -0.2) is 41.4 Å². The van der Waals surface area contributed by atoms with E-state index in [1.807, 2.05) is 12.2 Å². The van der Waals surface area contributed by atoms with Crippen molar-refractivity contribution in [2.45, 2.75) is 12.0 Å². The van der Waals surface area contributed by atoms with E-state index in [1.54, 1.807) is 0 Å². The van der Waals surface area contributed by atoms with E-state index < -0.39 is 6.09 Å². The van der Waals surface area contributed by atoms with Crippen LogP contribution >= 0.6 is 0 Å². The summed E-state index contributed by atoms with van der Waals surface area (Å²) in [5.74, 6) is 0. The summed E-state index contributed by atoms with van der Waals surface area (Å²) >= 11 is 0. The van der Waals surface area contributed by atoms with Crippen LogP contribution < -0.4 is 0 Å². The molecule has 0 saturated carbocycles. The van der Waals surface area contributed by atoms with Gasteiger partial charge >= 0.3 is 6.09 Å². The molecular weight excluding hydrogens is 158 g/mol. The summed E-state index contributed by atoms with van der Waals surface area (Å²) in [6.07, 6.45) is 3.78. The molecule has 0 aromatic heterocycles. The molecule has 2 aliphatic heterocycles. The van der Waals surface area contributed by atoms with Gasteiger partial charge in [0.15, 0.2) is 0 Å². The second kappa shape index (κ2) is 2.48. The first-order valence-corrected chi connectivity index (χ1v) is 4.01. The van der Waals surface area contributed by atoms with E-state index in [2.05, 4.69) is 0 Å². The van der Waals surface area contributed by atoms with Gasteiger partial charge in [0.2, 0.25) is 0 Å². The number of hydrogen-bond donors (Lipinski definition) is 1. The minimum Gasteiger partial charge on any atom is -0.465 e. The molecule has 2 rings (SSSR count). The number of carboxylic acid groups (broad SMARTS) is 1. The molecule has 1 spiro atoms. The standard InChI is InChI=1S/C8H11NO3/c10-7(11)9-4-1-2-8(9)3-5-12-6-8/h1-2H,3-6H2,(H,10,11). The normalized spacial score (nSPS) is 33.5. The van der Waals surface area contributed by atoms with Crippen LogP contribution in [0.25, 0.3) is 0 Å². The Kier molecular flexibility index (Phi) is 1.58. The van der Waals surface area contributed by atoms with E-state index in [9.17, 15) is 4.79 Å². The van der Waals surface area contributed by atoms with Crippen molar-refractivity contribution in [2.75, 3.05) is 19.8 Å². The molecule has 1 unspecified atom stereocenters. The van der Waals surface area contributed by atoms with Crippen LogP contribution in [0, 0.1) is 0 Å². The Bertz CT molecular complexity index is 230. The van der Waals surface area contributed by atoms with E-state index in [1.165, 1.54) is 4.90 Å². The van der Waals surface area contributed by atoms with Crippen LogP contribution in [0.5, 0.6) is 0 Å². The SMILES string of the molecule is O=C(O)N1CC=CC12CCOC2. The Labute approximate surface area is 70.4 Å². The van der Waals surface area contributed by atoms with Gasteiger partial charge in [-0.05, 0) is 0 Å². The first kappa shape index (κ1) is 7.61. The van der Waals surface area contributed by atoms with Gasteiger partial charge < -0.3 is 9.84 Å². The van der Waals surface area contributed by atoms with Gasteiger partial charge in [-0.1, -0.05) is 12.2 Å². The highest BCUT2D eigenvalue weighted by atomic mass is 16.5. The summed E-state index contributed by atoms with van der Waals surface area (Å²) in [5.41, 5.74) is -0.341. The van der Waals surface area contributed by atoms with E-state index >= 15 is 0 Å². The van der Waals surface area contributed by atoms with Gasteiger partial charge in [-0.2, -0.15) is 0 Å². The van der Waals surface area contributed by atoms with E-state index in [4.69, 9.17) is 9.84 Å². The van der Waals surface area contributed by atoms with Crippen LogP contribution in [0.1, 0.15) is 6.42 Å². The van der Waals surface area contributed by atoms with Crippen molar-refractivity contribution in [2.24, 2.45) is 0 Å². The van der Waals surface area contributed by atoms with Gasteiger partial charge in [0.1, 0.15) is 0 Å². The second-order valence-electron chi connectivity index (χ2n) is 3.20. The maximum Gasteiger partial charge on any atom is 0.408 e. The lowest BCUT2D eigenvalue weighted by Gasteiger charge is -2.30. The maximum atomic E-state index is 10.8. The van der Waals surface area contributed by atoms with Crippen molar-refractivity contribution in [3.63, 3.8) is 0 Å². The smallest absolute Gasteiger partial charge is 0.408 e. The summed E-state index contributed by atoms with van der Waals surface area (Å²) in [4.78, 5) is 12.2. The summed E-state index contributed by atoms with van der Waals surface area (Å²) in [6, 6.07) is 0. The summed E-state index contributed by atoms with van der Waals surface area (Å²) in [6.45, 7) is 1.67. The van der Waals surface area contributed by atoms with Crippen molar-refractivity contribution in [3.8, 4) is 0 Å². The fourth-order valence-corrected chi connectivity index (χ4v) is 1.83. The van der Waals surface area contributed by atoms with Gasteiger partial charge in [0.25, 0.3) is 0 Å². The van der Waals surface area contributed by atoms with Crippen molar-refractivity contribution in [3.05, 3.63) is 12.2 Å². The lowest BCUT2D eigenvalue weighted by molar-refractivity contribution is 0.0984. The monoisotopic (exact) mass is 169 g/mol. The number of rotatable bonds is 0. The Morgan fingerprint density at radius 1 is 1.67 bits per heavy atom. The Balaban J connectivity index is 2.22. The molecule has 0 bridgehead atoms. The third-order valence-corrected chi connectivity index (χ3v) is 2.52. The zero-order chi connectivity index (χ0) is 8.60. The molecule has 1 amide bonds. The first-order chi connectivity index (χ1) is 5.75. The summed E-state index contributed by atoms with van der Waals surface area (Å²) < 4.78 is 5.21. The van der Waals surface area contributed by atoms with Gasteiger partial charge in [-0.3, -0.25) is 4.90 Å². The largest absolute Gasteiger partial charge is 0.465 e. The van der Waals surface area contributed by atoms with Gasteiger partial charge in [-0.15, -0.1) is 0 Å². The number of nitrogens with zero attached hydrogens (tertiary/aromatic N) is 1. The summed E-state index contributed by atoms with van der Waals surface area (Å²) in [5, 5.41) is 8.87. The van der Waals surface area contributed by atoms with Crippen LogP contribution in [-0.2, 0) is 4.74 Å². The minimum absolute atomic E-state index is 0.341. The van der Waals surface area contributed by atoms with Crippen LogP contribution in [0.2, 0.25) is 0 Å². The van der Waals surface area contributed by atoms with Gasteiger partial charge in [-0.25, -0.2) is 4.79 Å². The molecule has 1 fully saturated rings. The van der Waals surface area contributed by atoms with Crippen molar-refractivity contribution < 1.29 is 14.6 Å². The average molecular weight is 169 g/mol. The summed E-state index contributed by atoms with van der Waals surface area (Å²) in [7, 11) is 0. The zero-order valence-electron chi connectivity index (χ0n) is 6.69. The Morgan fingerprint density at radius 3 is 3.08 bits per heavy atom. The molecule has 2 aliphatic rings. The molecule has 66 valence electrons. The molecular formula is C8H11NO3. The number of carbonyl (C=O) groups is 1. The average Bonchev–Trinajstić information content (AvgIpc) is 2.61. The van der Waals surface area contributed by atoms with Crippen LogP contribution in [0.4, 0.5) is 4.79 Å². The minimum atomic E-state index is -0.856. The van der Waals surface area contributed by atoms with Crippen LogP contribution in [0.15, 0.2) is 12.2 Å². The van der Waals surface area contributed by atoms with E-state index in [-0.39, 0.29) is 5.54 Å². The fraction of sp³-hybridized carbons (Fsp3) is 0.625. The first-order valence-electron chi connectivity index (χ1n) is 4.01. The molecule has 0 radical (unpaired) electrons. The third-order valence-electron chi connectivity index (χ3n) is 2.52. The molecule has 4 heteroatoms. The van der Waals surface area contributed by atoms with Crippen LogP contribution in [0.3, 0.4) is 0 Å². The second-order valence-corrected chi connectivity index (χ2v) is 3.20. The molecule has 1 N–H and O–H groups in total. The molecule has 2 heterocycles. The molecule has 1 atom stereocenters. The molecule has 0 aromatic carbocycles. The fourth-order valence-electron chi connectivity index (χ4n) is 1.83. The highest BCUT2D eigenvalue weighted by Crippen LogP contribution is 2.31. The lowest BCUT2D eigenvalue weighted by Crippen LogP contribution is -2.47. The maximum absolute atomic E-state index is 10.8. The van der Waals surface area contributed by atoms with Gasteiger partial charge in [0.05, 0.1) is 12.1 Å². The number of amides is 1. The number of hydrogen-bond acceptors (Lipinski definition) is 2. The lowest BCUT2D eigenvalue weighted by atomic mass is 9.99. The Hall–Kier alpha value is -1.03. The molecule has 12 heavy (non-hydrogen) atoms. The highest BCUT2D eigenvalue weighted by molar-refractivity contribution is 5.68. The third kappa shape index (κ3) is 0.914. The predicted octanol–water partition coefficient (Wildman–Crippen LogP) is 0.695. The molecule has 1 saturated heterocycles. The van der Waals surface area contributed by atoms with Gasteiger partial charge in [0, 0.05) is 19.6 Å². The van der Waals surface area contributed by atoms with Crippen molar-refractivity contribution in [1.29, 1.82) is 0 Å². The molecule has 0 aromatic rings.